The maximum atomic E-state index is 13.5. The summed E-state index contributed by atoms with van der Waals surface area (Å²) in [7, 11) is 0. The Kier molecular flexibility index (Phi) is 4.94. The van der Waals surface area contributed by atoms with E-state index in [-0.39, 0.29) is 35.3 Å². The number of hydrogen-bond donors (Lipinski definition) is 1. The van der Waals surface area contributed by atoms with Crippen LogP contribution in [0, 0.1) is 17.6 Å². The molecule has 1 fully saturated rings. The standard InChI is InChI=1S/C26H20F2N2O/c27-19-10-6-16(7-11-19)21-15-22(17-8-12-20(28)13-9-17)24(21)26(31)30-23-5-1-3-18-4-2-14-29-25(18)23/h1-14,21-22,24H,15H2,(H,30,31). The molecule has 0 spiro atoms. The van der Waals surface area contributed by atoms with Crippen LogP contribution in [0.3, 0.4) is 0 Å². The van der Waals surface area contributed by atoms with Crippen LogP contribution in [0.2, 0.25) is 0 Å². The van der Waals surface area contributed by atoms with Gasteiger partial charge in [-0.25, -0.2) is 8.78 Å². The van der Waals surface area contributed by atoms with Gasteiger partial charge in [-0.05, 0) is 65.8 Å². The van der Waals surface area contributed by atoms with E-state index in [4.69, 9.17) is 0 Å². The van der Waals surface area contributed by atoms with Crippen LogP contribution < -0.4 is 5.32 Å². The van der Waals surface area contributed by atoms with Gasteiger partial charge >= 0.3 is 0 Å². The molecule has 1 heterocycles. The number of carbonyl (C=O) groups is 1. The van der Waals surface area contributed by atoms with Gasteiger partial charge in [0.15, 0.2) is 0 Å². The van der Waals surface area contributed by atoms with E-state index in [2.05, 4.69) is 10.3 Å². The molecule has 4 aromatic rings. The number of anilines is 1. The van der Waals surface area contributed by atoms with Gasteiger partial charge in [0.05, 0.1) is 17.1 Å². The number of benzene rings is 3. The van der Waals surface area contributed by atoms with Crippen LogP contribution >= 0.6 is 0 Å². The van der Waals surface area contributed by atoms with Gasteiger partial charge in [-0.1, -0.05) is 42.5 Å². The van der Waals surface area contributed by atoms with Crippen molar-refractivity contribution < 1.29 is 13.6 Å². The first-order valence-electron chi connectivity index (χ1n) is 10.3. The lowest BCUT2D eigenvalue weighted by molar-refractivity contribution is -0.124. The third kappa shape index (κ3) is 3.67. The van der Waals surface area contributed by atoms with Crippen molar-refractivity contribution >= 4 is 22.5 Å². The minimum atomic E-state index is -0.352. The van der Waals surface area contributed by atoms with Crippen molar-refractivity contribution in [3.05, 3.63) is 108 Å². The number of rotatable bonds is 4. The van der Waals surface area contributed by atoms with Gasteiger partial charge in [-0.3, -0.25) is 9.78 Å². The predicted octanol–water partition coefficient (Wildman–Crippen LogP) is 6.04. The molecule has 0 saturated heterocycles. The number of hydrogen-bond acceptors (Lipinski definition) is 2. The van der Waals surface area contributed by atoms with E-state index in [0.717, 1.165) is 28.5 Å². The van der Waals surface area contributed by atoms with E-state index in [1.165, 1.54) is 24.3 Å². The zero-order chi connectivity index (χ0) is 21.4. The maximum Gasteiger partial charge on any atom is 0.228 e. The first-order chi connectivity index (χ1) is 15.1. The van der Waals surface area contributed by atoms with Crippen molar-refractivity contribution in [1.82, 2.24) is 4.98 Å². The fraction of sp³-hybridized carbons (Fsp3) is 0.154. The quantitative estimate of drug-likeness (QED) is 0.442. The smallest absolute Gasteiger partial charge is 0.228 e. The van der Waals surface area contributed by atoms with Crippen molar-refractivity contribution in [3.63, 3.8) is 0 Å². The van der Waals surface area contributed by atoms with Crippen molar-refractivity contribution in [2.75, 3.05) is 5.32 Å². The highest BCUT2D eigenvalue weighted by Gasteiger charge is 2.47. The van der Waals surface area contributed by atoms with Gasteiger partial charge < -0.3 is 5.32 Å². The summed E-state index contributed by atoms with van der Waals surface area (Å²) in [4.78, 5) is 17.9. The number of para-hydroxylation sites is 1. The van der Waals surface area contributed by atoms with Crippen LogP contribution in [0.5, 0.6) is 0 Å². The third-order valence-corrected chi connectivity index (χ3v) is 6.16. The Morgan fingerprint density at radius 1 is 0.806 bits per heavy atom. The Labute approximate surface area is 178 Å². The number of halogens is 2. The summed E-state index contributed by atoms with van der Waals surface area (Å²) < 4.78 is 26.8. The molecule has 1 aromatic heterocycles. The first-order valence-corrected chi connectivity index (χ1v) is 10.3. The summed E-state index contributed by atoms with van der Waals surface area (Å²) in [6.07, 6.45) is 2.44. The highest BCUT2D eigenvalue weighted by molar-refractivity contribution is 6.02. The van der Waals surface area contributed by atoms with Crippen LogP contribution in [0.25, 0.3) is 10.9 Å². The summed E-state index contributed by atoms with van der Waals surface area (Å²) in [6.45, 7) is 0. The van der Waals surface area contributed by atoms with Gasteiger partial charge in [0.25, 0.3) is 0 Å². The second-order valence-corrected chi connectivity index (χ2v) is 7.95. The summed E-state index contributed by atoms with van der Waals surface area (Å²) >= 11 is 0. The average Bonchev–Trinajstić information content (AvgIpc) is 2.76. The molecule has 3 nitrogen and oxygen atoms in total. The highest BCUT2D eigenvalue weighted by atomic mass is 19.1. The molecule has 1 saturated carbocycles. The number of nitrogens with one attached hydrogen (secondary N) is 1. The molecular formula is C26H20F2N2O. The Balaban J connectivity index is 1.48. The molecule has 0 bridgehead atoms. The maximum absolute atomic E-state index is 13.5. The molecule has 1 N–H and O–H groups in total. The number of aromatic nitrogens is 1. The normalized spacial score (nSPS) is 20.3. The molecule has 3 aromatic carbocycles. The lowest BCUT2D eigenvalue weighted by atomic mass is 9.59. The molecule has 0 aliphatic heterocycles. The number of fused-ring (bicyclic) bond motifs is 1. The number of amides is 1. The molecule has 31 heavy (non-hydrogen) atoms. The molecule has 1 aliphatic carbocycles. The molecule has 5 rings (SSSR count). The molecule has 2 atom stereocenters. The topological polar surface area (TPSA) is 42.0 Å². The highest BCUT2D eigenvalue weighted by Crippen LogP contribution is 2.53. The molecule has 1 amide bonds. The molecular weight excluding hydrogens is 394 g/mol. The van der Waals surface area contributed by atoms with E-state index in [1.54, 1.807) is 30.5 Å². The van der Waals surface area contributed by atoms with Crippen molar-refractivity contribution in [2.24, 2.45) is 5.92 Å². The van der Waals surface area contributed by atoms with Gasteiger partial charge in [-0.15, -0.1) is 0 Å². The van der Waals surface area contributed by atoms with E-state index in [0.29, 0.717) is 5.69 Å². The zero-order valence-electron chi connectivity index (χ0n) is 16.6. The van der Waals surface area contributed by atoms with Crippen LogP contribution in [-0.2, 0) is 4.79 Å². The Bertz CT molecular complexity index is 1180. The largest absolute Gasteiger partial charge is 0.324 e. The van der Waals surface area contributed by atoms with Crippen molar-refractivity contribution in [2.45, 2.75) is 18.3 Å². The summed E-state index contributed by atoms with van der Waals surface area (Å²) in [5, 5.41) is 4.00. The number of nitrogens with zero attached hydrogens (tertiary/aromatic N) is 1. The number of carbonyl (C=O) groups excluding carboxylic acids is 1. The van der Waals surface area contributed by atoms with E-state index >= 15 is 0 Å². The van der Waals surface area contributed by atoms with Crippen LogP contribution in [0.1, 0.15) is 29.4 Å². The first kappa shape index (κ1) is 19.4. The lowest BCUT2D eigenvalue weighted by Crippen LogP contribution is -2.42. The van der Waals surface area contributed by atoms with Gasteiger partial charge in [-0.2, -0.15) is 0 Å². The SMILES string of the molecule is O=C(Nc1cccc2cccnc12)C1C(c2ccc(F)cc2)CC1c1ccc(F)cc1. The fourth-order valence-corrected chi connectivity index (χ4v) is 4.54. The van der Waals surface area contributed by atoms with Gasteiger partial charge in [0.1, 0.15) is 11.6 Å². The Morgan fingerprint density at radius 2 is 1.39 bits per heavy atom. The van der Waals surface area contributed by atoms with Gasteiger partial charge in [0.2, 0.25) is 5.91 Å². The average molecular weight is 414 g/mol. The second-order valence-electron chi connectivity index (χ2n) is 7.95. The molecule has 0 radical (unpaired) electrons. The summed E-state index contributed by atoms with van der Waals surface area (Å²) in [5.41, 5.74) is 3.24. The van der Waals surface area contributed by atoms with E-state index < -0.39 is 0 Å². The zero-order valence-corrected chi connectivity index (χ0v) is 16.6. The second kappa shape index (κ2) is 7.91. The predicted molar refractivity (Wildman–Crippen MR) is 117 cm³/mol. The van der Waals surface area contributed by atoms with E-state index in [9.17, 15) is 13.6 Å². The molecule has 2 unspecified atom stereocenters. The Hall–Kier alpha value is -3.60. The van der Waals surface area contributed by atoms with Gasteiger partial charge in [0, 0.05) is 11.6 Å². The third-order valence-electron chi connectivity index (χ3n) is 6.16. The lowest BCUT2D eigenvalue weighted by Gasteiger charge is -2.44. The number of pyridine rings is 1. The van der Waals surface area contributed by atoms with Crippen molar-refractivity contribution in [3.8, 4) is 0 Å². The Morgan fingerprint density at radius 3 is 2.00 bits per heavy atom. The summed E-state index contributed by atoms with van der Waals surface area (Å²) in [6, 6.07) is 22.1. The monoisotopic (exact) mass is 414 g/mol. The van der Waals surface area contributed by atoms with E-state index in [1.807, 2.05) is 30.3 Å². The summed E-state index contributed by atoms with van der Waals surface area (Å²) in [5.74, 6) is -1.16. The molecule has 5 heteroatoms. The van der Waals surface area contributed by atoms with Crippen LogP contribution in [-0.4, -0.2) is 10.9 Å². The minimum absolute atomic E-state index is 0.0430. The fourth-order valence-electron chi connectivity index (χ4n) is 4.54. The van der Waals surface area contributed by atoms with Crippen molar-refractivity contribution in [1.29, 1.82) is 0 Å². The minimum Gasteiger partial charge on any atom is -0.324 e. The molecule has 154 valence electrons. The molecule has 1 aliphatic rings. The van der Waals surface area contributed by atoms with Crippen LogP contribution in [0.4, 0.5) is 14.5 Å². The van der Waals surface area contributed by atoms with Crippen LogP contribution in [0.15, 0.2) is 85.1 Å².